The third kappa shape index (κ3) is 2.56. The molecule has 1 aliphatic rings. The maximum atomic E-state index is 12.0. The highest BCUT2D eigenvalue weighted by Gasteiger charge is 2.31. The highest BCUT2D eigenvalue weighted by molar-refractivity contribution is 7.89. The van der Waals surface area contributed by atoms with E-state index in [1.54, 1.807) is 18.2 Å². The molecule has 1 aliphatic carbocycles. The quantitative estimate of drug-likeness (QED) is 0.903. The average molecular weight is 260 g/mol. The van der Waals surface area contributed by atoms with Crippen LogP contribution in [0.25, 0.3) is 0 Å². The van der Waals surface area contributed by atoms with Gasteiger partial charge in [0.1, 0.15) is 4.90 Å². The van der Waals surface area contributed by atoms with Crippen molar-refractivity contribution in [1.82, 2.24) is 4.72 Å². The van der Waals surface area contributed by atoms with Gasteiger partial charge in [-0.05, 0) is 37.8 Å². The molecule has 0 spiro atoms. The van der Waals surface area contributed by atoms with E-state index in [1.165, 1.54) is 6.07 Å². The number of hydrogen-bond donors (Lipinski definition) is 1. The zero-order valence-corrected chi connectivity index (χ0v) is 10.6. The standard InChI is InChI=1S/C11H14ClNO2S/c1-8(9-6-7-9)13-16(14,15)11-5-3-2-4-10(11)12/h2-5,8-9,13H,6-7H2,1H3/t8-/m1/s1. The SMILES string of the molecule is C[C@@H](NS(=O)(=O)c1ccccc1Cl)C1CC1. The predicted octanol–water partition coefficient (Wildman–Crippen LogP) is 2.42. The van der Waals surface area contributed by atoms with Crippen LogP contribution in [0.15, 0.2) is 29.2 Å². The minimum absolute atomic E-state index is 0.0127. The van der Waals surface area contributed by atoms with Gasteiger partial charge in [0, 0.05) is 6.04 Å². The lowest BCUT2D eigenvalue weighted by Gasteiger charge is -2.13. The maximum Gasteiger partial charge on any atom is 0.242 e. The third-order valence-corrected chi connectivity index (χ3v) is 4.86. The fourth-order valence-electron chi connectivity index (χ4n) is 1.66. The Kier molecular flexibility index (Phi) is 3.24. The van der Waals surface area contributed by atoms with Crippen molar-refractivity contribution in [2.45, 2.75) is 30.7 Å². The van der Waals surface area contributed by atoms with Gasteiger partial charge in [0.25, 0.3) is 0 Å². The molecular formula is C11H14ClNO2S. The Balaban J connectivity index is 2.21. The molecule has 0 saturated heterocycles. The van der Waals surface area contributed by atoms with Crippen LogP contribution >= 0.6 is 11.6 Å². The Hall–Kier alpha value is -0.580. The summed E-state index contributed by atoms with van der Waals surface area (Å²) in [4.78, 5) is 0.157. The van der Waals surface area contributed by atoms with E-state index in [0.717, 1.165) is 12.8 Å². The van der Waals surface area contributed by atoms with Crippen LogP contribution in [0.5, 0.6) is 0 Å². The first-order valence-electron chi connectivity index (χ1n) is 5.27. The molecular weight excluding hydrogens is 246 g/mol. The summed E-state index contributed by atoms with van der Waals surface area (Å²) >= 11 is 5.87. The minimum atomic E-state index is -3.48. The molecule has 0 aromatic heterocycles. The summed E-state index contributed by atoms with van der Waals surface area (Å²) in [5, 5.41) is 0.262. The Morgan fingerprint density at radius 3 is 2.56 bits per heavy atom. The van der Waals surface area contributed by atoms with Crippen LogP contribution < -0.4 is 4.72 Å². The van der Waals surface area contributed by atoms with Crippen molar-refractivity contribution in [2.24, 2.45) is 5.92 Å². The van der Waals surface area contributed by atoms with Crippen molar-refractivity contribution in [2.75, 3.05) is 0 Å². The summed E-state index contributed by atoms with van der Waals surface area (Å²) in [6, 6.07) is 6.47. The van der Waals surface area contributed by atoms with E-state index in [-0.39, 0.29) is 16.0 Å². The molecule has 1 aromatic rings. The van der Waals surface area contributed by atoms with Crippen molar-refractivity contribution < 1.29 is 8.42 Å². The van der Waals surface area contributed by atoms with Crippen LogP contribution in [0, 0.1) is 5.92 Å². The van der Waals surface area contributed by atoms with Crippen molar-refractivity contribution in [3.8, 4) is 0 Å². The van der Waals surface area contributed by atoms with Gasteiger partial charge in [-0.2, -0.15) is 0 Å². The van der Waals surface area contributed by atoms with E-state index in [2.05, 4.69) is 4.72 Å². The molecule has 2 rings (SSSR count). The van der Waals surface area contributed by atoms with Crippen LogP contribution in [0.4, 0.5) is 0 Å². The summed E-state index contributed by atoms with van der Waals surface area (Å²) in [6.07, 6.45) is 2.21. The first-order chi connectivity index (χ1) is 7.50. The van der Waals surface area contributed by atoms with E-state index in [1.807, 2.05) is 6.92 Å². The minimum Gasteiger partial charge on any atom is -0.208 e. The molecule has 0 amide bonds. The van der Waals surface area contributed by atoms with E-state index in [0.29, 0.717) is 5.92 Å². The van der Waals surface area contributed by atoms with Gasteiger partial charge in [-0.25, -0.2) is 13.1 Å². The van der Waals surface area contributed by atoms with E-state index < -0.39 is 10.0 Å². The van der Waals surface area contributed by atoms with Crippen molar-refractivity contribution >= 4 is 21.6 Å². The molecule has 16 heavy (non-hydrogen) atoms. The number of hydrogen-bond acceptors (Lipinski definition) is 2. The molecule has 0 heterocycles. The fourth-order valence-corrected chi connectivity index (χ4v) is 3.50. The Morgan fingerprint density at radius 2 is 2.00 bits per heavy atom. The Morgan fingerprint density at radius 1 is 1.38 bits per heavy atom. The lowest BCUT2D eigenvalue weighted by molar-refractivity contribution is 0.538. The van der Waals surface area contributed by atoms with E-state index in [4.69, 9.17) is 11.6 Å². The Bertz CT molecular complexity index is 483. The molecule has 1 saturated carbocycles. The zero-order valence-electron chi connectivity index (χ0n) is 8.98. The number of sulfonamides is 1. The van der Waals surface area contributed by atoms with Gasteiger partial charge in [0.05, 0.1) is 5.02 Å². The summed E-state index contributed by atoms with van der Waals surface area (Å²) in [5.74, 6) is 0.484. The zero-order chi connectivity index (χ0) is 11.8. The molecule has 0 radical (unpaired) electrons. The van der Waals surface area contributed by atoms with Gasteiger partial charge in [-0.3, -0.25) is 0 Å². The summed E-state index contributed by atoms with van der Waals surface area (Å²) < 4.78 is 26.7. The van der Waals surface area contributed by atoms with Crippen LogP contribution in [0.2, 0.25) is 5.02 Å². The molecule has 1 atom stereocenters. The van der Waals surface area contributed by atoms with E-state index >= 15 is 0 Å². The van der Waals surface area contributed by atoms with Gasteiger partial charge in [-0.15, -0.1) is 0 Å². The van der Waals surface area contributed by atoms with E-state index in [9.17, 15) is 8.42 Å². The molecule has 0 aliphatic heterocycles. The van der Waals surface area contributed by atoms with Gasteiger partial charge in [0.15, 0.2) is 0 Å². The highest BCUT2D eigenvalue weighted by Crippen LogP contribution is 2.33. The monoisotopic (exact) mass is 259 g/mol. The van der Waals surface area contributed by atoms with Crippen LogP contribution in [0.3, 0.4) is 0 Å². The lowest BCUT2D eigenvalue weighted by atomic mass is 10.2. The van der Waals surface area contributed by atoms with Crippen molar-refractivity contribution in [3.05, 3.63) is 29.3 Å². The molecule has 3 nitrogen and oxygen atoms in total. The predicted molar refractivity (Wildman–Crippen MR) is 64.0 cm³/mol. The molecule has 1 fully saturated rings. The molecule has 1 N–H and O–H groups in total. The van der Waals surface area contributed by atoms with Gasteiger partial charge < -0.3 is 0 Å². The number of halogens is 1. The second-order valence-corrected chi connectivity index (χ2v) is 6.27. The van der Waals surface area contributed by atoms with Gasteiger partial charge in [0.2, 0.25) is 10.0 Å². The lowest BCUT2D eigenvalue weighted by Crippen LogP contribution is -2.34. The summed E-state index contributed by atoms with van der Waals surface area (Å²) in [5.41, 5.74) is 0. The third-order valence-electron chi connectivity index (χ3n) is 2.80. The second-order valence-electron chi connectivity index (χ2n) is 4.18. The van der Waals surface area contributed by atoms with Crippen molar-refractivity contribution in [3.63, 3.8) is 0 Å². The molecule has 5 heteroatoms. The highest BCUT2D eigenvalue weighted by atomic mass is 35.5. The van der Waals surface area contributed by atoms with Crippen molar-refractivity contribution in [1.29, 1.82) is 0 Å². The molecule has 88 valence electrons. The molecule has 1 aromatic carbocycles. The Labute approximate surface area is 101 Å². The molecule has 0 unspecified atom stereocenters. The maximum absolute atomic E-state index is 12.0. The van der Waals surface area contributed by atoms with Gasteiger partial charge >= 0.3 is 0 Å². The first-order valence-corrected chi connectivity index (χ1v) is 7.13. The summed E-state index contributed by atoms with van der Waals surface area (Å²) in [6.45, 7) is 1.89. The molecule has 0 bridgehead atoms. The average Bonchev–Trinajstić information content (AvgIpc) is 3.00. The summed E-state index contributed by atoms with van der Waals surface area (Å²) in [7, 11) is -3.48. The smallest absolute Gasteiger partial charge is 0.208 e. The van der Waals surface area contributed by atoms with Crippen LogP contribution in [-0.4, -0.2) is 14.5 Å². The normalized spacial score (nSPS) is 18.4. The van der Waals surface area contributed by atoms with Crippen LogP contribution in [-0.2, 0) is 10.0 Å². The topological polar surface area (TPSA) is 46.2 Å². The first kappa shape index (κ1) is 11.9. The van der Waals surface area contributed by atoms with Crippen LogP contribution in [0.1, 0.15) is 19.8 Å². The number of rotatable bonds is 4. The van der Waals surface area contributed by atoms with Gasteiger partial charge in [-0.1, -0.05) is 23.7 Å². The second kappa shape index (κ2) is 4.35. The number of nitrogens with one attached hydrogen (secondary N) is 1. The fraction of sp³-hybridized carbons (Fsp3) is 0.455. The largest absolute Gasteiger partial charge is 0.242 e. The number of benzene rings is 1.